The van der Waals surface area contributed by atoms with Crippen molar-refractivity contribution in [3.63, 3.8) is 0 Å². The van der Waals surface area contributed by atoms with Crippen molar-refractivity contribution < 1.29 is 14.3 Å². The van der Waals surface area contributed by atoms with E-state index in [-0.39, 0.29) is 12.2 Å². The Kier molecular flexibility index (Phi) is 6.39. The average molecular weight is 264 g/mol. The van der Waals surface area contributed by atoms with Crippen LogP contribution >= 0.6 is 0 Å². The Bertz CT molecular complexity index is 334. The maximum absolute atomic E-state index is 11.6. The number of carbonyl (C=O) groups is 1. The van der Waals surface area contributed by atoms with E-state index in [2.05, 4.69) is 11.8 Å². The highest BCUT2D eigenvalue weighted by atomic mass is 16.7. The predicted molar refractivity (Wildman–Crippen MR) is 73.5 cm³/mol. The molecule has 0 amide bonds. The Morgan fingerprint density at radius 3 is 2.89 bits per heavy atom. The summed E-state index contributed by atoms with van der Waals surface area (Å²) >= 11 is 0. The van der Waals surface area contributed by atoms with E-state index >= 15 is 0 Å². The molecule has 3 heteroatoms. The van der Waals surface area contributed by atoms with Crippen LogP contribution in [0.5, 0.6) is 0 Å². The summed E-state index contributed by atoms with van der Waals surface area (Å²) in [4.78, 5) is 11.6. The molecule has 0 aromatic rings. The molecule has 2 unspecified atom stereocenters. The zero-order valence-electron chi connectivity index (χ0n) is 11.7. The summed E-state index contributed by atoms with van der Waals surface area (Å²) in [5.41, 5.74) is 0. The Hall–Kier alpha value is -0.850. The van der Waals surface area contributed by atoms with Gasteiger partial charge in [0.05, 0.1) is 12.5 Å². The van der Waals surface area contributed by atoms with Crippen LogP contribution in [0.25, 0.3) is 0 Å². The molecule has 2 rings (SSSR count). The van der Waals surface area contributed by atoms with Gasteiger partial charge in [-0.05, 0) is 38.5 Å². The third-order valence-corrected chi connectivity index (χ3v) is 3.72. The molecule has 19 heavy (non-hydrogen) atoms. The highest BCUT2D eigenvalue weighted by molar-refractivity contribution is 5.84. The van der Waals surface area contributed by atoms with E-state index in [0.29, 0.717) is 12.4 Å². The first kappa shape index (κ1) is 14.6. The molecule has 0 spiro atoms. The molecule has 0 N–H and O–H groups in total. The molecule has 0 bridgehead atoms. The number of ether oxygens (including phenoxy) is 2. The first-order chi connectivity index (χ1) is 9.36. The molecule has 106 valence electrons. The quantitative estimate of drug-likeness (QED) is 0.578. The van der Waals surface area contributed by atoms with Crippen LogP contribution in [-0.4, -0.2) is 25.3 Å². The summed E-state index contributed by atoms with van der Waals surface area (Å²) in [7, 11) is 0. The van der Waals surface area contributed by atoms with E-state index < -0.39 is 0 Å². The molecule has 0 aromatic carbocycles. The van der Waals surface area contributed by atoms with Crippen molar-refractivity contribution in [2.75, 3.05) is 13.2 Å². The highest BCUT2D eigenvalue weighted by Crippen LogP contribution is 2.19. The van der Waals surface area contributed by atoms with Gasteiger partial charge in [0, 0.05) is 19.4 Å². The molecule has 0 radical (unpaired) electrons. The second-order valence-corrected chi connectivity index (χ2v) is 5.36. The Morgan fingerprint density at radius 2 is 2.11 bits per heavy atom. The van der Waals surface area contributed by atoms with Gasteiger partial charge in [0.15, 0.2) is 6.29 Å². The zero-order chi connectivity index (χ0) is 13.3. The molecule has 1 heterocycles. The SMILES string of the molecule is O=C1CCCCC1C#CCCCOC1CCCCO1. The molecule has 1 saturated carbocycles. The summed E-state index contributed by atoms with van der Waals surface area (Å²) in [6, 6.07) is 0. The lowest BCUT2D eigenvalue weighted by atomic mass is 9.88. The van der Waals surface area contributed by atoms with E-state index in [1.165, 1.54) is 6.42 Å². The third-order valence-electron chi connectivity index (χ3n) is 3.72. The van der Waals surface area contributed by atoms with Gasteiger partial charge < -0.3 is 9.47 Å². The number of carbonyl (C=O) groups excluding carboxylic acids is 1. The molecular formula is C16H24O3. The summed E-state index contributed by atoms with van der Waals surface area (Å²) in [5, 5.41) is 0. The molecule has 1 aliphatic heterocycles. The lowest BCUT2D eigenvalue weighted by Gasteiger charge is -2.22. The van der Waals surface area contributed by atoms with Gasteiger partial charge in [0.25, 0.3) is 0 Å². The van der Waals surface area contributed by atoms with Gasteiger partial charge in [-0.2, -0.15) is 0 Å². The lowest BCUT2D eigenvalue weighted by molar-refractivity contribution is -0.162. The molecule has 2 aliphatic rings. The van der Waals surface area contributed by atoms with Crippen molar-refractivity contribution in [3.05, 3.63) is 0 Å². The van der Waals surface area contributed by atoms with E-state index in [9.17, 15) is 4.79 Å². The predicted octanol–water partition coefficient (Wildman–Crippen LogP) is 3.07. The average Bonchev–Trinajstić information content (AvgIpc) is 2.45. The number of unbranched alkanes of at least 4 members (excludes halogenated alkanes) is 1. The van der Waals surface area contributed by atoms with Gasteiger partial charge >= 0.3 is 0 Å². The molecule has 2 atom stereocenters. The summed E-state index contributed by atoms with van der Waals surface area (Å²) in [6.07, 6.45) is 8.99. The minimum atomic E-state index is 0.00151. The first-order valence-electron chi connectivity index (χ1n) is 7.60. The first-order valence-corrected chi connectivity index (χ1v) is 7.60. The van der Waals surface area contributed by atoms with E-state index in [1.807, 2.05) is 0 Å². The van der Waals surface area contributed by atoms with Crippen LogP contribution in [-0.2, 0) is 14.3 Å². The van der Waals surface area contributed by atoms with Crippen molar-refractivity contribution in [1.82, 2.24) is 0 Å². The Morgan fingerprint density at radius 1 is 1.21 bits per heavy atom. The topological polar surface area (TPSA) is 35.5 Å². The lowest BCUT2D eigenvalue weighted by Crippen LogP contribution is -2.22. The Balaban J connectivity index is 1.55. The third kappa shape index (κ3) is 5.34. The smallest absolute Gasteiger partial charge is 0.157 e. The molecular weight excluding hydrogens is 240 g/mol. The second kappa shape index (κ2) is 8.35. The highest BCUT2D eigenvalue weighted by Gasteiger charge is 2.19. The van der Waals surface area contributed by atoms with Crippen LogP contribution in [0.1, 0.15) is 57.8 Å². The number of hydrogen-bond acceptors (Lipinski definition) is 3. The van der Waals surface area contributed by atoms with E-state index in [1.54, 1.807) is 0 Å². The number of rotatable bonds is 4. The fraction of sp³-hybridized carbons (Fsp3) is 0.812. The normalized spacial score (nSPS) is 27.7. The Labute approximate surface area is 116 Å². The summed E-state index contributed by atoms with van der Waals surface area (Å²) < 4.78 is 11.1. The van der Waals surface area contributed by atoms with Crippen LogP contribution in [0.4, 0.5) is 0 Å². The monoisotopic (exact) mass is 264 g/mol. The van der Waals surface area contributed by atoms with Gasteiger partial charge in [-0.15, -0.1) is 5.92 Å². The van der Waals surface area contributed by atoms with Crippen LogP contribution in [0.2, 0.25) is 0 Å². The molecule has 1 aliphatic carbocycles. The minimum Gasteiger partial charge on any atom is -0.353 e. The van der Waals surface area contributed by atoms with Crippen molar-refractivity contribution >= 4 is 5.78 Å². The number of hydrogen-bond donors (Lipinski definition) is 0. The fourth-order valence-corrected chi connectivity index (χ4v) is 2.55. The maximum Gasteiger partial charge on any atom is 0.157 e. The van der Waals surface area contributed by atoms with Crippen LogP contribution < -0.4 is 0 Å². The van der Waals surface area contributed by atoms with E-state index in [0.717, 1.165) is 58.0 Å². The number of ketones is 1. The second-order valence-electron chi connectivity index (χ2n) is 5.36. The van der Waals surface area contributed by atoms with Gasteiger partial charge in [0.2, 0.25) is 0 Å². The molecule has 0 aromatic heterocycles. The number of Topliss-reactive ketones (excluding diaryl/α,β-unsaturated/α-hetero) is 1. The molecule has 1 saturated heterocycles. The molecule has 3 nitrogen and oxygen atoms in total. The minimum absolute atomic E-state index is 0.00151. The van der Waals surface area contributed by atoms with Gasteiger partial charge in [-0.1, -0.05) is 12.3 Å². The summed E-state index contributed by atoms with van der Waals surface area (Å²) in [5.74, 6) is 6.60. The van der Waals surface area contributed by atoms with Crippen LogP contribution in [0.3, 0.4) is 0 Å². The standard InChI is InChI=1S/C16H24O3/c17-15-10-4-3-9-14(15)8-2-1-6-12-18-16-11-5-7-13-19-16/h14,16H,1,3-7,9-13H2. The van der Waals surface area contributed by atoms with Crippen LogP contribution in [0.15, 0.2) is 0 Å². The van der Waals surface area contributed by atoms with E-state index in [4.69, 9.17) is 9.47 Å². The maximum atomic E-state index is 11.6. The van der Waals surface area contributed by atoms with Gasteiger partial charge in [0.1, 0.15) is 5.78 Å². The zero-order valence-corrected chi connectivity index (χ0v) is 11.7. The van der Waals surface area contributed by atoms with Crippen LogP contribution in [0, 0.1) is 17.8 Å². The van der Waals surface area contributed by atoms with Gasteiger partial charge in [-0.3, -0.25) is 4.79 Å². The van der Waals surface area contributed by atoms with Gasteiger partial charge in [-0.25, -0.2) is 0 Å². The fourth-order valence-electron chi connectivity index (χ4n) is 2.55. The van der Waals surface area contributed by atoms with Crippen molar-refractivity contribution in [2.45, 2.75) is 64.1 Å². The summed E-state index contributed by atoms with van der Waals surface area (Å²) in [6.45, 7) is 1.53. The van der Waals surface area contributed by atoms with Crippen molar-refractivity contribution in [3.8, 4) is 11.8 Å². The largest absolute Gasteiger partial charge is 0.353 e. The van der Waals surface area contributed by atoms with Crippen molar-refractivity contribution in [1.29, 1.82) is 0 Å². The van der Waals surface area contributed by atoms with Crippen molar-refractivity contribution in [2.24, 2.45) is 5.92 Å². The molecule has 2 fully saturated rings.